The van der Waals surface area contributed by atoms with Gasteiger partial charge in [0.25, 0.3) is 10.0 Å². The number of rotatable bonds is 15. The summed E-state index contributed by atoms with van der Waals surface area (Å²) in [7, 11) is -3.71. The summed E-state index contributed by atoms with van der Waals surface area (Å²) >= 11 is 0. The Balaban J connectivity index is 1.65. The summed E-state index contributed by atoms with van der Waals surface area (Å²) in [6, 6.07) is 12.4. The average molecular weight is 434 g/mol. The van der Waals surface area contributed by atoms with E-state index in [2.05, 4.69) is 11.6 Å². The molecule has 0 heterocycles. The first kappa shape index (κ1) is 24.1. The van der Waals surface area contributed by atoms with Crippen LogP contribution < -0.4 is 9.46 Å². The quantitative estimate of drug-likeness (QED) is 0.315. The fraction of sp³-hybridized carbons (Fsp3) is 0.500. The van der Waals surface area contributed by atoms with Crippen molar-refractivity contribution in [3.05, 3.63) is 48.5 Å². The second-order valence-electron chi connectivity index (χ2n) is 7.66. The highest BCUT2D eigenvalue weighted by Crippen LogP contribution is 2.22. The summed E-state index contributed by atoms with van der Waals surface area (Å²) in [5.74, 6) is 0.674. The van der Waals surface area contributed by atoms with E-state index in [9.17, 15) is 13.5 Å². The largest absolute Gasteiger partial charge is 0.508 e. The first-order chi connectivity index (χ1) is 14.5. The first-order valence-electron chi connectivity index (χ1n) is 11.1. The van der Waals surface area contributed by atoms with Crippen LogP contribution in [0.4, 0.5) is 5.69 Å². The van der Waals surface area contributed by atoms with E-state index in [1.807, 2.05) is 0 Å². The van der Waals surface area contributed by atoms with Gasteiger partial charge in [-0.25, -0.2) is 8.42 Å². The zero-order chi connectivity index (χ0) is 21.7. The van der Waals surface area contributed by atoms with Gasteiger partial charge in [-0.2, -0.15) is 0 Å². The minimum absolute atomic E-state index is 0.00548. The lowest BCUT2D eigenvalue weighted by atomic mass is 10.1. The molecule has 0 unspecified atom stereocenters. The predicted molar refractivity (Wildman–Crippen MR) is 123 cm³/mol. The van der Waals surface area contributed by atoms with Crippen molar-refractivity contribution in [1.82, 2.24) is 0 Å². The summed E-state index contributed by atoms with van der Waals surface area (Å²) in [6.45, 7) is 2.89. The number of anilines is 1. The van der Waals surface area contributed by atoms with Gasteiger partial charge in [0.15, 0.2) is 0 Å². The maximum Gasteiger partial charge on any atom is 0.261 e. The van der Waals surface area contributed by atoms with Crippen molar-refractivity contribution in [2.45, 2.75) is 76.0 Å². The van der Waals surface area contributed by atoms with Gasteiger partial charge in [-0.1, -0.05) is 70.8 Å². The smallest absolute Gasteiger partial charge is 0.261 e. The van der Waals surface area contributed by atoms with Crippen LogP contribution in [0.15, 0.2) is 53.4 Å². The van der Waals surface area contributed by atoms with Crippen LogP contribution in [-0.2, 0) is 10.0 Å². The van der Waals surface area contributed by atoms with E-state index in [0.29, 0.717) is 18.0 Å². The van der Waals surface area contributed by atoms with Gasteiger partial charge in [-0.3, -0.25) is 4.72 Å². The Hall–Kier alpha value is -2.21. The molecule has 2 aromatic rings. The Bertz CT molecular complexity index is 835. The molecule has 0 saturated carbocycles. The molecule has 0 amide bonds. The van der Waals surface area contributed by atoms with E-state index < -0.39 is 10.0 Å². The van der Waals surface area contributed by atoms with Crippen molar-refractivity contribution >= 4 is 15.7 Å². The van der Waals surface area contributed by atoms with Crippen molar-refractivity contribution in [2.75, 3.05) is 11.3 Å². The van der Waals surface area contributed by atoms with Crippen LogP contribution in [0.5, 0.6) is 11.5 Å². The third-order valence-electron chi connectivity index (χ3n) is 5.00. The summed E-state index contributed by atoms with van der Waals surface area (Å²) in [5.41, 5.74) is 0.316. The van der Waals surface area contributed by atoms with Crippen LogP contribution in [0.25, 0.3) is 0 Å². The van der Waals surface area contributed by atoms with Crippen LogP contribution in [0.1, 0.15) is 71.1 Å². The number of benzene rings is 2. The molecule has 0 fully saturated rings. The van der Waals surface area contributed by atoms with E-state index in [1.165, 1.54) is 75.6 Å². The number of ether oxygens (including phenoxy) is 1. The fourth-order valence-electron chi connectivity index (χ4n) is 3.28. The van der Waals surface area contributed by atoms with Gasteiger partial charge >= 0.3 is 0 Å². The number of phenolic OH excluding ortho intramolecular Hbond substituents is 1. The minimum Gasteiger partial charge on any atom is -0.508 e. The fourth-order valence-corrected chi connectivity index (χ4v) is 4.33. The molecule has 0 aliphatic rings. The van der Waals surface area contributed by atoms with Crippen LogP contribution in [-0.4, -0.2) is 20.1 Å². The van der Waals surface area contributed by atoms with Crippen molar-refractivity contribution in [3.63, 3.8) is 0 Å². The Morgan fingerprint density at radius 2 is 1.43 bits per heavy atom. The molecule has 2 aromatic carbocycles. The molecule has 0 aliphatic heterocycles. The van der Waals surface area contributed by atoms with E-state index >= 15 is 0 Å². The monoisotopic (exact) mass is 433 g/mol. The van der Waals surface area contributed by atoms with Crippen molar-refractivity contribution in [3.8, 4) is 11.5 Å². The highest BCUT2D eigenvalue weighted by Gasteiger charge is 2.14. The molecule has 166 valence electrons. The van der Waals surface area contributed by atoms with Crippen LogP contribution >= 0.6 is 0 Å². The van der Waals surface area contributed by atoms with Gasteiger partial charge in [0.1, 0.15) is 11.5 Å². The third-order valence-corrected chi connectivity index (χ3v) is 6.40. The molecule has 0 bridgehead atoms. The molecule has 0 spiro atoms. The molecule has 5 nitrogen and oxygen atoms in total. The number of phenols is 1. The average Bonchev–Trinajstić information content (AvgIpc) is 2.72. The molecular weight excluding hydrogens is 398 g/mol. The number of hydrogen-bond acceptors (Lipinski definition) is 4. The SMILES string of the molecule is CCCCCCCCCCCCOc1ccc(S(=O)(=O)Nc2cccc(O)c2)cc1. The third kappa shape index (κ3) is 9.08. The van der Waals surface area contributed by atoms with Gasteiger partial charge in [0.2, 0.25) is 0 Å². The van der Waals surface area contributed by atoms with Gasteiger partial charge in [0, 0.05) is 6.07 Å². The van der Waals surface area contributed by atoms with Crippen molar-refractivity contribution in [1.29, 1.82) is 0 Å². The van der Waals surface area contributed by atoms with Gasteiger partial charge in [-0.05, 0) is 42.8 Å². The number of unbranched alkanes of at least 4 members (excludes halogenated alkanes) is 9. The van der Waals surface area contributed by atoms with E-state index in [1.54, 1.807) is 24.3 Å². The lowest BCUT2D eigenvalue weighted by Gasteiger charge is -2.10. The summed E-state index contributed by atoms with van der Waals surface area (Å²) in [5, 5.41) is 9.47. The normalized spacial score (nSPS) is 11.4. The Labute approximate surface area is 181 Å². The van der Waals surface area contributed by atoms with E-state index in [-0.39, 0.29) is 10.6 Å². The summed E-state index contributed by atoms with van der Waals surface area (Å²) < 4.78 is 33.1. The summed E-state index contributed by atoms with van der Waals surface area (Å²) in [4.78, 5) is 0.150. The zero-order valence-corrected chi connectivity index (χ0v) is 18.8. The second-order valence-corrected chi connectivity index (χ2v) is 9.34. The van der Waals surface area contributed by atoms with Crippen LogP contribution in [0.2, 0.25) is 0 Å². The topological polar surface area (TPSA) is 75.6 Å². The first-order valence-corrected chi connectivity index (χ1v) is 12.5. The van der Waals surface area contributed by atoms with Gasteiger partial charge in [0.05, 0.1) is 17.2 Å². The molecule has 0 atom stereocenters. The number of nitrogens with one attached hydrogen (secondary N) is 1. The lowest BCUT2D eigenvalue weighted by Crippen LogP contribution is -2.12. The number of sulfonamides is 1. The predicted octanol–water partition coefficient (Wildman–Crippen LogP) is 6.49. The second kappa shape index (κ2) is 13.2. The molecule has 0 saturated heterocycles. The number of hydrogen-bond donors (Lipinski definition) is 2. The Morgan fingerprint density at radius 1 is 0.833 bits per heavy atom. The molecule has 0 radical (unpaired) electrons. The maximum absolute atomic E-state index is 12.4. The lowest BCUT2D eigenvalue weighted by molar-refractivity contribution is 0.304. The Morgan fingerprint density at radius 3 is 2.03 bits per heavy atom. The van der Waals surface area contributed by atoms with Crippen molar-refractivity contribution < 1.29 is 18.3 Å². The molecule has 2 rings (SSSR count). The number of aromatic hydroxyl groups is 1. The van der Waals surface area contributed by atoms with Crippen LogP contribution in [0, 0.1) is 0 Å². The molecular formula is C24H35NO4S. The van der Waals surface area contributed by atoms with E-state index in [4.69, 9.17) is 4.74 Å². The molecule has 2 N–H and O–H groups in total. The van der Waals surface area contributed by atoms with Gasteiger partial charge in [-0.15, -0.1) is 0 Å². The van der Waals surface area contributed by atoms with Crippen LogP contribution in [0.3, 0.4) is 0 Å². The van der Waals surface area contributed by atoms with Gasteiger partial charge < -0.3 is 9.84 Å². The standard InChI is InChI=1S/C24H35NO4S/c1-2-3-4-5-6-7-8-9-10-11-19-29-23-15-17-24(18-16-23)30(27,28)25-21-13-12-14-22(26)20-21/h12-18,20,25-26H,2-11,19H2,1H3. The minimum atomic E-state index is -3.71. The summed E-state index contributed by atoms with van der Waals surface area (Å²) in [6.07, 6.45) is 12.8. The zero-order valence-electron chi connectivity index (χ0n) is 18.0. The highest BCUT2D eigenvalue weighted by molar-refractivity contribution is 7.92. The Kier molecular flexibility index (Phi) is 10.6. The maximum atomic E-state index is 12.4. The molecule has 30 heavy (non-hydrogen) atoms. The molecule has 6 heteroatoms. The highest BCUT2D eigenvalue weighted by atomic mass is 32.2. The molecule has 0 aliphatic carbocycles. The molecule has 0 aromatic heterocycles. The van der Waals surface area contributed by atoms with Crippen molar-refractivity contribution in [2.24, 2.45) is 0 Å². The van der Waals surface area contributed by atoms with E-state index in [0.717, 1.165) is 12.8 Å².